The van der Waals surface area contributed by atoms with E-state index in [1.807, 2.05) is 0 Å². The lowest BCUT2D eigenvalue weighted by atomic mass is 10.1. The maximum absolute atomic E-state index is 12.5. The van der Waals surface area contributed by atoms with Crippen molar-refractivity contribution in [2.24, 2.45) is 0 Å². The lowest BCUT2D eigenvalue weighted by Gasteiger charge is -2.11. The van der Waals surface area contributed by atoms with Gasteiger partial charge in [-0.05, 0) is 30.3 Å². The van der Waals surface area contributed by atoms with E-state index in [0.717, 1.165) is 11.8 Å². The molecule has 12 heteroatoms. The number of hydrogen-bond acceptors (Lipinski definition) is 7. The molecule has 8 nitrogen and oxygen atoms in total. The van der Waals surface area contributed by atoms with Crippen LogP contribution in [-0.4, -0.2) is 39.3 Å². The van der Waals surface area contributed by atoms with Gasteiger partial charge in [0.2, 0.25) is 10.0 Å². The van der Waals surface area contributed by atoms with Crippen molar-refractivity contribution < 1.29 is 31.5 Å². The highest BCUT2D eigenvalue weighted by Gasteiger charge is 2.15. The predicted octanol–water partition coefficient (Wildman–Crippen LogP) is 4.04. The van der Waals surface area contributed by atoms with Crippen LogP contribution in [0.15, 0.2) is 47.8 Å². The second-order valence-corrected chi connectivity index (χ2v) is 8.79. The molecule has 0 aliphatic rings. The van der Waals surface area contributed by atoms with E-state index in [1.54, 1.807) is 29.6 Å². The molecule has 0 fully saturated rings. The molecule has 0 spiro atoms. The van der Waals surface area contributed by atoms with Gasteiger partial charge in [-0.3, -0.25) is 14.8 Å². The molecule has 0 bridgehead atoms. The molecule has 0 aliphatic heterocycles. The van der Waals surface area contributed by atoms with Crippen LogP contribution >= 0.6 is 11.3 Å². The first-order chi connectivity index (χ1) is 14.6. The SMILES string of the molecule is COc1cc(C(=O)Nc2nc(-c3ccc(NS(C)(=O)=O)cc3)cs2)ccc1OC(F)F. The Morgan fingerprint density at radius 3 is 2.45 bits per heavy atom. The molecule has 164 valence electrons. The smallest absolute Gasteiger partial charge is 0.387 e. The molecular weight excluding hydrogens is 452 g/mol. The molecule has 3 aromatic rings. The zero-order chi connectivity index (χ0) is 22.6. The number of rotatable bonds is 8. The third-order valence-corrected chi connectivity index (χ3v) is 5.21. The van der Waals surface area contributed by atoms with E-state index < -0.39 is 22.5 Å². The van der Waals surface area contributed by atoms with Gasteiger partial charge < -0.3 is 9.47 Å². The number of anilines is 2. The van der Waals surface area contributed by atoms with Crippen molar-refractivity contribution >= 4 is 38.1 Å². The molecule has 0 radical (unpaired) electrons. The minimum Gasteiger partial charge on any atom is -0.493 e. The first-order valence-electron chi connectivity index (χ1n) is 8.62. The van der Waals surface area contributed by atoms with Crippen LogP contribution in [0.3, 0.4) is 0 Å². The first-order valence-corrected chi connectivity index (χ1v) is 11.4. The fraction of sp³-hybridized carbons (Fsp3) is 0.158. The number of carbonyl (C=O) groups is 1. The zero-order valence-corrected chi connectivity index (χ0v) is 17.9. The molecule has 2 aromatic carbocycles. The van der Waals surface area contributed by atoms with Crippen LogP contribution in [0.1, 0.15) is 10.4 Å². The summed E-state index contributed by atoms with van der Waals surface area (Å²) in [6, 6.07) is 10.4. The minimum absolute atomic E-state index is 0.00410. The number of benzene rings is 2. The number of sulfonamides is 1. The molecule has 1 heterocycles. The lowest BCUT2D eigenvalue weighted by molar-refractivity contribution is -0.0512. The van der Waals surface area contributed by atoms with Gasteiger partial charge >= 0.3 is 6.61 Å². The molecule has 2 N–H and O–H groups in total. The van der Waals surface area contributed by atoms with E-state index in [4.69, 9.17) is 4.74 Å². The van der Waals surface area contributed by atoms with Crippen molar-refractivity contribution in [3.63, 3.8) is 0 Å². The zero-order valence-electron chi connectivity index (χ0n) is 16.3. The van der Waals surface area contributed by atoms with Crippen LogP contribution in [-0.2, 0) is 10.0 Å². The maximum atomic E-state index is 12.5. The van der Waals surface area contributed by atoms with Gasteiger partial charge in [0, 0.05) is 22.2 Å². The monoisotopic (exact) mass is 469 g/mol. The Labute approximate surface area is 180 Å². The summed E-state index contributed by atoms with van der Waals surface area (Å²) in [5.74, 6) is -0.689. The summed E-state index contributed by atoms with van der Waals surface area (Å²) in [4.78, 5) is 16.8. The summed E-state index contributed by atoms with van der Waals surface area (Å²) in [7, 11) is -2.09. The van der Waals surface area contributed by atoms with Gasteiger partial charge in [-0.2, -0.15) is 8.78 Å². The Bertz CT molecular complexity index is 1180. The lowest BCUT2D eigenvalue weighted by Crippen LogP contribution is -2.12. The van der Waals surface area contributed by atoms with E-state index in [2.05, 4.69) is 19.8 Å². The second kappa shape index (κ2) is 9.27. The number of nitrogens with one attached hydrogen (secondary N) is 2. The Balaban J connectivity index is 1.71. The number of hydrogen-bond donors (Lipinski definition) is 2. The van der Waals surface area contributed by atoms with Gasteiger partial charge in [0.25, 0.3) is 5.91 Å². The average Bonchev–Trinajstić information content (AvgIpc) is 3.15. The Morgan fingerprint density at radius 1 is 1.13 bits per heavy atom. The van der Waals surface area contributed by atoms with E-state index in [-0.39, 0.29) is 17.1 Å². The van der Waals surface area contributed by atoms with Crippen molar-refractivity contribution in [3.05, 3.63) is 53.4 Å². The molecule has 3 rings (SSSR count). The molecule has 0 atom stereocenters. The summed E-state index contributed by atoms with van der Waals surface area (Å²) < 4.78 is 59.1. The Morgan fingerprint density at radius 2 is 1.84 bits per heavy atom. The summed E-state index contributed by atoms with van der Waals surface area (Å²) in [6.45, 7) is -3.02. The van der Waals surface area contributed by atoms with Crippen LogP contribution in [0.25, 0.3) is 11.3 Å². The largest absolute Gasteiger partial charge is 0.493 e. The van der Waals surface area contributed by atoms with Crippen molar-refractivity contribution in [3.8, 4) is 22.8 Å². The fourth-order valence-corrected chi connectivity index (χ4v) is 3.84. The number of thiazole rings is 1. The van der Waals surface area contributed by atoms with Gasteiger partial charge in [-0.1, -0.05) is 12.1 Å². The number of aromatic nitrogens is 1. The number of halogens is 2. The summed E-state index contributed by atoms with van der Waals surface area (Å²) in [5, 5.41) is 4.69. The summed E-state index contributed by atoms with van der Waals surface area (Å²) in [5.41, 5.74) is 1.91. The Hall–Kier alpha value is -3.25. The number of amides is 1. The van der Waals surface area contributed by atoms with Crippen LogP contribution in [0.4, 0.5) is 19.6 Å². The molecule has 1 aromatic heterocycles. The average molecular weight is 469 g/mol. The third-order valence-electron chi connectivity index (χ3n) is 3.85. The van der Waals surface area contributed by atoms with E-state index in [1.165, 1.54) is 36.6 Å². The fourth-order valence-electron chi connectivity index (χ4n) is 2.56. The van der Waals surface area contributed by atoms with E-state index >= 15 is 0 Å². The molecule has 0 unspecified atom stereocenters. The highest BCUT2D eigenvalue weighted by molar-refractivity contribution is 7.92. The van der Waals surface area contributed by atoms with E-state index in [9.17, 15) is 22.0 Å². The highest BCUT2D eigenvalue weighted by atomic mass is 32.2. The quantitative estimate of drug-likeness (QED) is 0.516. The van der Waals surface area contributed by atoms with Crippen molar-refractivity contribution in [1.29, 1.82) is 0 Å². The van der Waals surface area contributed by atoms with Gasteiger partial charge in [0.05, 0.1) is 19.1 Å². The van der Waals surface area contributed by atoms with Gasteiger partial charge in [-0.15, -0.1) is 11.3 Å². The van der Waals surface area contributed by atoms with Crippen LogP contribution in [0, 0.1) is 0 Å². The Kier molecular flexibility index (Phi) is 6.71. The molecule has 0 aliphatic carbocycles. The van der Waals surface area contributed by atoms with E-state index in [0.29, 0.717) is 16.5 Å². The highest BCUT2D eigenvalue weighted by Crippen LogP contribution is 2.30. The minimum atomic E-state index is -3.37. The van der Waals surface area contributed by atoms with Crippen LogP contribution < -0.4 is 19.5 Å². The van der Waals surface area contributed by atoms with Crippen LogP contribution in [0.5, 0.6) is 11.5 Å². The number of ether oxygens (including phenoxy) is 2. The molecule has 31 heavy (non-hydrogen) atoms. The summed E-state index contributed by atoms with van der Waals surface area (Å²) >= 11 is 1.19. The number of carbonyl (C=O) groups excluding carboxylic acids is 1. The van der Waals surface area contributed by atoms with Crippen LogP contribution in [0.2, 0.25) is 0 Å². The van der Waals surface area contributed by atoms with Crippen molar-refractivity contribution in [2.75, 3.05) is 23.4 Å². The normalized spacial score (nSPS) is 11.3. The molecule has 1 amide bonds. The number of alkyl halides is 2. The van der Waals surface area contributed by atoms with Gasteiger partial charge in [-0.25, -0.2) is 13.4 Å². The predicted molar refractivity (Wildman–Crippen MR) is 114 cm³/mol. The third kappa shape index (κ3) is 6.12. The topological polar surface area (TPSA) is 107 Å². The summed E-state index contributed by atoms with van der Waals surface area (Å²) in [6.07, 6.45) is 1.06. The molecule has 0 saturated heterocycles. The second-order valence-electron chi connectivity index (χ2n) is 6.19. The van der Waals surface area contributed by atoms with Crippen molar-refractivity contribution in [2.45, 2.75) is 6.61 Å². The van der Waals surface area contributed by atoms with Gasteiger partial charge in [0.1, 0.15) is 0 Å². The van der Waals surface area contributed by atoms with Gasteiger partial charge in [0.15, 0.2) is 16.6 Å². The standard InChI is InChI=1S/C19H17F2N3O5S2/c1-28-16-9-12(5-8-15(16)29-18(20)21)17(25)23-19-22-14(10-30-19)11-3-6-13(7-4-11)24-31(2,26)27/h3-10,18,24H,1-2H3,(H,22,23,25). The molecular formula is C19H17F2N3O5S2. The first kappa shape index (κ1) is 22.4. The maximum Gasteiger partial charge on any atom is 0.387 e. The molecule has 0 saturated carbocycles. The number of nitrogens with zero attached hydrogens (tertiary/aromatic N) is 1. The van der Waals surface area contributed by atoms with Crippen molar-refractivity contribution in [1.82, 2.24) is 4.98 Å². The number of methoxy groups -OCH3 is 1.